The summed E-state index contributed by atoms with van der Waals surface area (Å²) in [6, 6.07) is 1.26. The van der Waals surface area contributed by atoms with Gasteiger partial charge in [-0.15, -0.1) is 0 Å². The molecule has 1 aromatic heterocycles. The fourth-order valence-corrected chi connectivity index (χ4v) is 0.941. The van der Waals surface area contributed by atoms with E-state index in [0.29, 0.717) is 0 Å². The second-order valence-corrected chi connectivity index (χ2v) is 2.41. The maximum absolute atomic E-state index is 12.6. The Morgan fingerprint density at radius 1 is 1.70 bits per heavy atom. The molecule has 0 N–H and O–H groups in total. The van der Waals surface area contributed by atoms with E-state index in [1.807, 2.05) is 0 Å². The van der Waals surface area contributed by atoms with Crippen molar-refractivity contribution < 1.29 is 9.13 Å². The lowest BCUT2D eigenvalue weighted by molar-refractivity contribution is 0.390. The molecule has 0 aliphatic carbocycles. The molecule has 0 fully saturated rings. The highest BCUT2D eigenvalue weighted by atomic mass is 79.9. The smallest absolute Gasteiger partial charge is 0.230 e. The topological polar surface area (TPSA) is 22.1 Å². The summed E-state index contributed by atoms with van der Waals surface area (Å²) in [4.78, 5) is 3.75. The lowest BCUT2D eigenvalue weighted by Gasteiger charge is -1.99. The van der Waals surface area contributed by atoms with Gasteiger partial charge in [-0.05, 0) is 22.0 Å². The highest BCUT2D eigenvalue weighted by Crippen LogP contribution is 2.23. The molecule has 1 aromatic rings. The van der Waals surface area contributed by atoms with Crippen LogP contribution in [-0.2, 0) is 0 Å². The minimum absolute atomic E-state index is 0.262. The van der Waals surface area contributed by atoms with Crippen LogP contribution < -0.4 is 4.74 Å². The van der Waals surface area contributed by atoms with Gasteiger partial charge in [-0.3, -0.25) is 0 Å². The van der Waals surface area contributed by atoms with Crippen LogP contribution in [0.15, 0.2) is 16.7 Å². The quantitative estimate of drug-likeness (QED) is 0.700. The molecule has 0 bridgehead atoms. The highest BCUT2D eigenvalue weighted by Gasteiger charge is 2.04. The highest BCUT2D eigenvalue weighted by molar-refractivity contribution is 9.10. The average molecular weight is 206 g/mol. The summed E-state index contributed by atoms with van der Waals surface area (Å²) in [5.41, 5.74) is 0. The van der Waals surface area contributed by atoms with Crippen LogP contribution in [0.4, 0.5) is 4.39 Å². The zero-order valence-electron chi connectivity index (χ0n) is 5.27. The van der Waals surface area contributed by atoms with Gasteiger partial charge in [0.15, 0.2) is 0 Å². The number of hydrogen-bond acceptors (Lipinski definition) is 2. The number of rotatable bonds is 1. The first-order valence-corrected chi connectivity index (χ1v) is 3.39. The van der Waals surface area contributed by atoms with Crippen LogP contribution in [0.1, 0.15) is 0 Å². The molecular weight excluding hydrogens is 201 g/mol. The van der Waals surface area contributed by atoms with Gasteiger partial charge in [0.2, 0.25) is 5.88 Å². The molecule has 0 spiro atoms. The minimum Gasteiger partial charge on any atom is -0.480 e. The molecule has 0 aliphatic rings. The van der Waals surface area contributed by atoms with E-state index >= 15 is 0 Å². The lowest BCUT2D eigenvalue weighted by Crippen LogP contribution is -1.89. The third kappa shape index (κ3) is 1.26. The first-order chi connectivity index (χ1) is 4.75. The number of halogens is 2. The molecule has 0 aromatic carbocycles. The molecule has 0 saturated carbocycles. The summed E-state index contributed by atoms with van der Waals surface area (Å²) in [6.07, 6.45) is 1.35. The number of aromatic nitrogens is 1. The van der Waals surface area contributed by atoms with Crippen LogP contribution in [0, 0.1) is 5.82 Å². The molecule has 0 saturated heterocycles. The Bertz CT molecular complexity index is 241. The largest absolute Gasteiger partial charge is 0.480 e. The predicted molar refractivity (Wildman–Crippen MR) is 38.4 cm³/mol. The number of methoxy groups -OCH3 is 1. The molecule has 2 nitrogen and oxygen atoms in total. The summed E-state index contributed by atoms with van der Waals surface area (Å²) in [7, 11) is 1.44. The number of pyridine rings is 1. The van der Waals surface area contributed by atoms with Gasteiger partial charge in [-0.1, -0.05) is 0 Å². The van der Waals surface area contributed by atoms with Crippen molar-refractivity contribution >= 4 is 15.9 Å². The van der Waals surface area contributed by atoms with Gasteiger partial charge < -0.3 is 4.74 Å². The molecule has 0 amide bonds. The summed E-state index contributed by atoms with van der Waals surface area (Å²) >= 11 is 2.98. The Labute approximate surface area is 66.2 Å². The van der Waals surface area contributed by atoms with E-state index in [9.17, 15) is 4.39 Å². The van der Waals surface area contributed by atoms with E-state index in [1.54, 1.807) is 0 Å². The van der Waals surface area contributed by atoms with Crippen LogP contribution in [0.3, 0.4) is 0 Å². The second kappa shape index (κ2) is 2.96. The molecule has 0 unspecified atom stereocenters. The molecule has 0 aliphatic heterocycles. The summed E-state index contributed by atoms with van der Waals surface area (Å²) in [6.45, 7) is 0. The van der Waals surface area contributed by atoms with Crippen molar-refractivity contribution in [2.24, 2.45) is 0 Å². The summed E-state index contributed by atoms with van der Waals surface area (Å²) in [5.74, 6) is -0.105. The molecule has 0 radical (unpaired) electrons. The fraction of sp³-hybridized carbons (Fsp3) is 0.167. The first kappa shape index (κ1) is 7.47. The Kier molecular flexibility index (Phi) is 2.21. The predicted octanol–water partition coefficient (Wildman–Crippen LogP) is 1.99. The van der Waals surface area contributed by atoms with Crippen molar-refractivity contribution in [3.05, 3.63) is 22.6 Å². The maximum Gasteiger partial charge on any atom is 0.230 e. The maximum atomic E-state index is 12.6. The third-order valence-corrected chi connectivity index (χ3v) is 1.72. The molecule has 1 heterocycles. The Morgan fingerprint density at radius 3 is 2.90 bits per heavy atom. The fourth-order valence-electron chi connectivity index (χ4n) is 0.545. The van der Waals surface area contributed by atoms with Gasteiger partial charge in [0.25, 0.3) is 0 Å². The average Bonchev–Trinajstić information content (AvgIpc) is 1.95. The standard InChI is InChI=1S/C6H5BrFNO/c1-10-6-5(7)4(8)2-3-9-6/h2-3H,1H3. The van der Waals surface area contributed by atoms with Gasteiger partial charge in [-0.2, -0.15) is 0 Å². The van der Waals surface area contributed by atoms with Crippen LogP contribution in [0.5, 0.6) is 5.88 Å². The Balaban J connectivity index is 3.14. The van der Waals surface area contributed by atoms with E-state index in [-0.39, 0.29) is 16.2 Å². The summed E-state index contributed by atoms with van der Waals surface area (Å²) < 4.78 is 17.6. The van der Waals surface area contributed by atoms with Gasteiger partial charge in [0.1, 0.15) is 10.3 Å². The monoisotopic (exact) mass is 205 g/mol. The second-order valence-electron chi connectivity index (χ2n) is 1.62. The van der Waals surface area contributed by atoms with Gasteiger partial charge >= 0.3 is 0 Å². The van der Waals surface area contributed by atoms with Crippen LogP contribution in [-0.4, -0.2) is 12.1 Å². The van der Waals surface area contributed by atoms with Crippen molar-refractivity contribution in [1.29, 1.82) is 0 Å². The summed E-state index contributed by atoms with van der Waals surface area (Å²) in [5, 5.41) is 0. The number of ether oxygens (including phenoxy) is 1. The number of nitrogens with zero attached hydrogens (tertiary/aromatic N) is 1. The molecule has 10 heavy (non-hydrogen) atoms. The number of hydrogen-bond donors (Lipinski definition) is 0. The Hall–Kier alpha value is -0.640. The minimum atomic E-state index is -0.369. The third-order valence-electron chi connectivity index (χ3n) is 1.00. The van der Waals surface area contributed by atoms with E-state index in [0.717, 1.165) is 0 Å². The van der Waals surface area contributed by atoms with Crippen molar-refractivity contribution in [3.8, 4) is 5.88 Å². The SMILES string of the molecule is COc1nccc(F)c1Br. The van der Waals surface area contributed by atoms with Crippen molar-refractivity contribution in [2.75, 3.05) is 7.11 Å². The van der Waals surface area contributed by atoms with Crippen LogP contribution in [0.25, 0.3) is 0 Å². The van der Waals surface area contributed by atoms with Crippen molar-refractivity contribution in [3.63, 3.8) is 0 Å². The Morgan fingerprint density at radius 2 is 2.40 bits per heavy atom. The van der Waals surface area contributed by atoms with Crippen molar-refractivity contribution in [1.82, 2.24) is 4.98 Å². The normalized spacial score (nSPS) is 9.50. The molecule has 0 atom stereocenters. The molecule has 1 rings (SSSR count). The van der Waals surface area contributed by atoms with E-state index < -0.39 is 0 Å². The van der Waals surface area contributed by atoms with Gasteiger partial charge in [0, 0.05) is 6.20 Å². The van der Waals surface area contributed by atoms with E-state index in [2.05, 4.69) is 20.9 Å². The van der Waals surface area contributed by atoms with E-state index in [4.69, 9.17) is 4.74 Å². The van der Waals surface area contributed by atoms with E-state index in [1.165, 1.54) is 19.4 Å². The zero-order chi connectivity index (χ0) is 7.56. The van der Waals surface area contributed by atoms with Crippen LogP contribution >= 0.6 is 15.9 Å². The van der Waals surface area contributed by atoms with Gasteiger partial charge in [0.05, 0.1) is 7.11 Å². The first-order valence-electron chi connectivity index (χ1n) is 2.59. The van der Waals surface area contributed by atoms with Gasteiger partial charge in [-0.25, -0.2) is 9.37 Å². The molecule has 4 heteroatoms. The van der Waals surface area contributed by atoms with Crippen molar-refractivity contribution in [2.45, 2.75) is 0 Å². The zero-order valence-corrected chi connectivity index (χ0v) is 6.85. The molecular formula is C6H5BrFNO. The molecule has 54 valence electrons. The lowest BCUT2D eigenvalue weighted by atomic mass is 10.5. The van der Waals surface area contributed by atoms with Crippen LogP contribution in [0.2, 0.25) is 0 Å².